The highest BCUT2D eigenvalue weighted by atomic mass is 35.5. The number of hydrogen-bond acceptors (Lipinski definition) is 3. The Hall–Kier alpha value is -0.610. The second-order valence-electron chi connectivity index (χ2n) is 6.01. The molecule has 2 nitrogen and oxygen atoms in total. The molecular weight excluding hydrogens is 323 g/mol. The summed E-state index contributed by atoms with van der Waals surface area (Å²) in [7, 11) is 0. The lowest BCUT2D eigenvalue weighted by Gasteiger charge is -2.34. The van der Waals surface area contributed by atoms with Crippen LogP contribution in [0.15, 0.2) is 23.6 Å². The van der Waals surface area contributed by atoms with Gasteiger partial charge in [0.2, 0.25) is 0 Å². The van der Waals surface area contributed by atoms with E-state index in [0.717, 1.165) is 35.0 Å². The third-order valence-corrected chi connectivity index (χ3v) is 6.11. The van der Waals surface area contributed by atoms with Gasteiger partial charge < -0.3 is 5.73 Å². The molecule has 1 heterocycles. The van der Waals surface area contributed by atoms with E-state index in [1.807, 2.05) is 12.1 Å². The summed E-state index contributed by atoms with van der Waals surface area (Å²) < 4.78 is 0. The average molecular weight is 341 g/mol. The Balaban J connectivity index is 1.87. The van der Waals surface area contributed by atoms with E-state index in [1.54, 1.807) is 17.4 Å². The van der Waals surface area contributed by atoms with Crippen LogP contribution in [0.2, 0.25) is 10.0 Å². The quantitative estimate of drug-likeness (QED) is 0.785. The van der Waals surface area contributed by atoms with Crippen LogP contribution >= 0.6 is 34.5 Å². The van der Waals surface area contributed by atoms with Crippen LogP contribution in [0.3, 0.4) is 0 Å². The van der Waals surface area contributed by atoms with Crippen LogP contribution in [-0.4, -0.2) is 4.98 Å². The van der Waals surface area contributed by atoms with Crippen LogP contribution in [0.4, 0.5) is 0 Å². The lowest BCUT2D eigenvalue weighted by Crippen LogP contribution is -2.40. The highest BCUT2D eigenvalue weighted by Crippen LogP contribution is 2.40. The molecule has 0 bridgehead atoms. The number of hydrogen-bond donors (Lipinski definition) is 1. The van der Waals surface area contributed by atoms with Gasteiger partial charge in [-0.3, -0.25) is 0 Å². The standard InChI is InChI=1S/C16H18Cl2N2S/c1-10-4-6-16(19,7-5-10)15-20-14(9-21-15)11-2-3-12(17)13(18)8-11/h2-3,8-10H,4-7,19H2,1H3. The molecule has 1 aromatic carbocycles. The zero-order chi connectivity index (χ0) is 15.0. The third-order valence-electron chi connectivity index (χ3n) is 4.31. The first-order valence-electron chi connectivity index (χ1n) is 7.18. The first kappa shape index (κ1) is 15.3. The summed E-state index contributed by atoms with van der Waals surface area (Å²) in [5.41, 5.74) is 8.24. The van der Waals surface area contributed by atoms with Gasteiger partial charge in [-0.05, 0) is 43.7 Å². The zero-order valence-corrected chi connectivity index (χ0v) is 14.2. The van der Waals surface area contributed by atoms with Crippen molar-refractivity contribution in [3.63, 3.8) is 0 Å². The summed E-state index contributed by atoms with van der Waals surface area (Å²) >= 11 is 13.7. The van der Waals surface area contributed by atoms with Crippen LogP contribution in [-0.2, 0) is 5.54 Å². The molecular formula is C16H18Cl2N2S. The zero-order valence-electron chi connectivity index (χ0n) is 11.9. The molecule has 21 heavy (non-hydrogen) atoms. The summed E-state index contributed by atoms with van der Waals surface area (Å²) in [6, 6.07) is 5.60. The molecule has 1 aliphatic carbocycles. The highest BCUT2D eigenvalue weighted by molar-refractivity contribution is 7.10. The van der Waals surface area contributed by atoms with Gasteiger partial charge in [0.15, 0.2) is 0 Å². The number of rotatable bonds is 2. The van der Waals surface area contributed by atoms with Gasteiger partial charge in [-0.1, -0.05) is 36.2 Å². The summed E-state index contributed by atoms with van der Waals surface area (Å²) in [5.74, 6) is 0.774. The van der Waals surface area contributed by atoms with Crippen molar-refractivity contribution in [2.45, 2.75) is 38.1 Å². The van der Waals surface area contributed by atoms with Crippen LogP contribution in [0.25, 0.3) is 11.3 Å². The normalized spacial score (nSPS) is 26.0. The molecule has 2 N–H and O–H groups in total. The van der Waals surface area contributed by atoms with Crippen LogP contribution < -0.4 is 5.73 Å². The van der Waals surface area contributed by atoms with Gasteiger partial charge in [0.05, 0.1) is 21.3 Å². The van der Waals surface area contributed by atoms with Crippen molar-refractivity contribution in [2.24, 2.45) is 11.7 Å². The minimum Gasteiger partial charge on any atom is -0.319 e. The van der Waals surface area contributed by atoms with Gasteiger partial charge in [-0.2, -0.15) is 0 Å². The van der Waals surface area contributed by atoms with Gasteiger partial charge in [0.1, 0.15) is 5.01 Å². The molecule has 1 aromatic heterocycles. The molecule has 1 fully saturated rings. The third kappa shape index (κ3) is 3.11. The van der Waals surface area contributed by atoms with E-state index in [4.69, 9.17) is 33.9 Å². The molecule has 0 spiro atoms. The Labute approximate surface area is 139 Å². The number of thiazole rings is 1. The molecule has 1 saturated carbocycles. The number of benzene rings is 1. The fourth-order valence-electron chi connectivity index (χ4n) is 2.78. The van der Waals surface area contributed by atoms with E-state index in [1.165, 1.54) is 12.8 Å². The number of halogens is 2. The first-order chi connectivity index (χ1) is 9.98. The molecule has 0 amide bonds. The monoisotopic (exact) mass is 340 g/mol. The molecule has 0 unspecified atom stereocenters. The molecule has 0 atom stereocenters. The largest absolute Gasteiger partial charge is 0.319 e. The molecule has 3 rings (SSSR count). The van der Waals surface area contributed by atoms with E-state index in [9.17, 15) is 0 Å². The minimum absolute atomic E-state index is 0.258. The second-order valence-corrected chi connectivity index (χ2v) is 7.68. The van der Waals surface area contributed by atoms with Gasteiger partial charge in [-0.25, -0.2) is 4.98 Å². The van der Waals surface area contributed by atoms with Crippen LogP contribution in [0.5, 0.6) is 0 Å². The van der Waals surface area contributed by atoms with E-state index >= 15 is 0 Å². The van der Waals surface area contributed by atoms with Crippen molar-refractivity contribution in [1.82, 2.24) is 4.98 Å². The Bertz CT molecular complexity index is 645. The minimum atomic E-state index is -0.258. The molecule has 0 radical (unpaired) electrons. The van der Waals surface area contributed by atoms with Gasteiger partial charge in [0, 0.05) is 10.9 Å². The summed E-state index contributed by atoms with van der Waals surface area (Å²) in [5, 5.41) is 4.21. The predicted molar refractivity (Wildman–Crippen MR) is 91.1 cm³/mol. The maximum Gasteiger partial charge on any atom is 0.113 e. The maximum atomic E-state index is 6.59. The molecule has 112 valence electrons. The molecule has 0 aliphatic heterocycles. The predicted octanol–water partition coefficient (Wildman–Crippen LogP) is 5.48. The van der Waals surface area contributed by atoms with Crippen molar-refractivity contribution < 1.29 is 0 Å². The van der Waals surface area contributed by atoms with Gasteiger partial charge in [0.25, 0.3) is 0 Å². The summed E-state index contributed by atoms with van der Waals surface area (Å²) in [6.45, 7) is 2.29. The highest BCUT2D eigenvalue weighted by Gasteiger charge is 2.34. The summed E-state index contributed by atoms with van der Waals surface area (Å²) in [6.07, 6.45) is 4.39. The SMILES string of the molecule is CC1CCC(N)(c2nc(-c3ccc(Cl)c(Cl)c3)cs2)CC1. The van der Waals surface area contributed by atoms with Crippen molar-refractivity contribution in [2.75, 3.05) is 0 Å². The Kier molecular flexibility index (Phi) is 4.28. The number of aromatic nitrogens is 1. The van der Waals surface area contributed by atoms with E-state index < -0.39 is 0 Å². The number of nitrogens with zero attached hydrogens (tertiary/aromatic N) is 1. The van der Waals surface area contributed by atoms with E-state index in [0.29, 0.717) is 10.0 Å². The smallest absolute Gasteiger partial charge is 0.113 e. The van der Waals surface area contributed by atoms with Crippen molar-refractivity contribution in [1.29, 1.82) is 0 Å². The molecule has 1 aliphatic rings. The maximum absolute atomic E-state index is 6.59. The molecule has 0 saturated heterocycles. The van der Waals surface area contributed by atoms with Crippen molar-refractivity contribution in [3.8, 4) is 11.3 Å². The first-order valence-corrected chi connectivity index (χ1v) is 8.82. The average Bonchev–Trinajstić information content (AvgIpc) is 2.96. The van der Waals surface area contributed by atoms with Crippen molar-refractivity contribution >= 4 is 34.5 Å². The molecule has 5 heteroatoms. The fourth-order valence-corrected chi connectivity index (χ4v) is 4.08. The Morgan fingerprint density at radius 3 is 2.62 bits per heavy atom. The number of nitrogens with two attached hydrogens (primary N) is 1. The van der Waals surface area contributed by atoms with Crippen LogP contribution in [0.1, 0.15) is 37.6 Å². The summed E-state index contributed by atoms with van der Waals surface area (Å²) in [4.78, 5) is 4.76. The van der Waals surface area contributed by atoms with Crippen molar-refractivity contribution in [3.05, 3.63) is 38.6 Å². The Morgan fingerprint density at radius 1 is 1.24 bits per heavy atom. The lowest BCUT2D eigenvalue weighted by atomic mass is 9.78. The van der Waals surface area contributed by atoms with Gasteiger partial charge in [-0.15, -0.1) is 11.3 Å². The van der Waals surface area contributed by atoms with Crippen LogP contribution in [0, 0.1) is 5.92 Å². The van der Waals surface area contributed by atoms with E-state index in [-0.39, 0.29) is 5.54 Å². The Morgan fingerprint density at radius 2 is 1.95 bits per heavy atom. The topological polar surface area (TPSA) is 38.9 Å². The second kappa shape index (κ2) is 5.88. The fraction of sp³-hybridized carbons (Fsp3) is 0.438. The van der Waals surface area contributed by atoms with Gasteiger partial charge >= 0.3 is 0 Å². The lowest BCUT2D eigenvalue weighted by molar-refractivity contribution is 0.247. The van der Waals surface area contributed by atoms with E-state index in [2.05, 4.69) is 12.3 Å². The molecule has 2 aromatic rings.